The van der Waals surface area contributed by atoms with Crippen LogP contribution in [0.1, 0.15) is 21.5 Å². The van der Waals surface area contributed by atoms with E-state index in [0.717, 1.165) is 16.5 Å². The van der Waals surface area contributed by atoms with Crippen LogP contribution in [0.5, 0.6) is 0 Å². The first kappa shape index (κ1) is 14.6. The molecule has 0 aliphatic rings. The van der Waals surface area contributed by atoms with Gasteiger partial charge in [0.2, 0.25) is 5.91 Å². The zero-order valence-corrected chi connectivity index (χ0v) is 11.5. The van der Waals surface area contributed by atoms with Crippen molar-refractivity contribution in [1.82, 2.24) is 0 Å². The Hall–Kier alpha value is -1.85. The van der Waals surface area contributed by atoms with Crippen LogP contribution in [0.25, 0.3) is 0 Å². The number of hydrogen-bond acceptors (Lipinski definition) is 3. The summed E-state index contributed by atoms with van der Waals surface area (Å²) in [6.45, 7) is 0.00809. The molecule has 0 aromatic heterocycles. The van der Waals surface area contributed by atoms with E-state index < -0.39 is 11.7 Å². The zero-order chi connectivity index (χ0) is 14.5. The number of amides is 1. The van der Waals surface area contributed by atoms with Crippen molar-refractivity contribution in [3.63, 3.8) is 0 Å². The number of carbonyl (C=O) groups is 1. The molecule has 20 heavy (non-hydrogen) atoms. The van der Waals surface area contributed by atoms with Gasteiger partial charge in [-0.3, -0.25) is 4.79 Å². The number of rotatable bonds is 5. The SMILES string of the molecule is NC(=O)c1ccc(CSc2ccc(CO)cc2)c(F)c1. The molecule has 3 N–H and O–H groups in total. The second kappa shape index (κ2) is 6.54. The number of primary amides is 1. The molecule has 0 saturated heterocycles. The average molecular weight is 291 g/mol. The fourth-order valence-corrected chi connectivity index (χ4v) is 2.55. The molecule has 3 nitrogen and oxygen atoms in total. The van der Waals surface area contributed by atoms with E-state index in [0.29, 0.717) is 11.3 Å². The Kier molecular flexibility index (Phi) is 4.76. The van der Waals surface area contributed by atoms with E-state index in [1.165, 1.54) is 17.8 Å². The fourth-order valence-electron chi connectivity index (χ4n) is 1.67. The minimum Gasteiger partial charge on any atom is -0.392 e. The zero-order valence-electron chi connectivity index (χ0n) is 10.7. The molecule has 2 aromatic rings. The summed E-state index contributed by atoms with van der Waals surface area (Å²) in [5, 5.41) is 8.95. The summed E-state index contributed by atoms with van der Waals surface area (Å²) < 4.78 is 13.8. The Labute approximate surface area is 120 Å². The molecular weight excluding hydrogens is 277 g/mol. The molecule has 0 spiro atoms. The third-order valence-corrected chi connectivity index (χ3v) is 3.90. The highest BCUT2D eigenvalue weighted by molar-refractivity contribution is 7.98. The van der Waals surface area contributed by atoms with Gasteiger partial charge in [0.25, 0.3) is 0 Å². The second-order valence-electron chi connectivity index (χ2n) is 4.26. The van der Waals surface area contributed by atoms with E-state index in [2.05, 4.69) is 0 Å². The predicted octanol–water partition coefficient (Wildman–Crippen LogP) is 2.71. The van der Waals surface area contributed by atoms with Gasteiger partial charge >= 0.3 is 0 Å². The van der Waals surface area contributed by atoms with Crippen LogP contribution < -0.4 is 5.73 Å². The Morgan fingerprint density at radius 2 is 1.90 bits per heavy atom. The molecule has 0 aliphatic heterocycles. The van der Waals surface area contributed by atoms with Crippen LogP contribution in [-0.2, 0) is 12.4 Å². The topological polar surface area (TPSA) is 63.3 Å². The lowest BCUT2D eigenvalue weighted by Gasteiger charge is -2.05. The number of hydrogen-bond donors (Lipinski definition) is 2. The van der Waals surface area contributed by atoms with Crippen molar-refractivity contribution in [2.24, 2.45) is 5.73 Å². The summed E-state index contributed by atoms with van der Waals surface area (Å²) in [5.74, 6) is -0.605. The molecule has 0 unspecified atom stereocenters. The average Bonchev–Trinajstić information content (AvgIpc) is 2.46. The molecule has 104 valence electrons. The lowest BCUT2D eigenvalue weighted by molar-refractivity contribution is 0.1000. The highest BCUT2D eigenvalue weighted by Gasteiger charge is 2.07. The van der Waals surface area contributed by atoms with Gasteiger partial charge in [-0.05, 0) is 35.4 Å². The third-order valence-electron chi connectivity index (χ3n) is 2.84. The van der Waals surface area contributed by atoms with E-state index >= 15 is 0 Å². The quantitative estimate of drug-likeness (QED) is 0.833. The summed E-state index contributed by atoms with van der Waals surface area (Å²) >= 11 is 1.48. The highest BCUT2D eigenvalue weighted by Crippen LogP contribution is 2.24. The van der Waals surface area contributed by atoms with Crippen molar-refractivity contribution in [1.29, 1.82) is 0 Å². The van der Waals surface area contributed by atoms with Gasteiger partial charge in [-0.2, -0.15) is 0 Å². The first-order valence-electron chi connectivity index (χ1n) is 6.01. The Morgan fingerprint density at radius 1 is 1.20 bits per heavy atom. The first-order valence-corrected chi connectivity index (χ1v) is 6.99. The third kappa shape index (κ3) is 3.59. The first-order chi connectivity index (χ1) is 9.60. The number of aliphatic hydroxyl groups is 1. The maximum absolute atomic E-state index is 13.8. The fraction of sp³-hybridized carbons (Fsp3) is 0.133. The molecule has 5 heteroatoms. The van der Waals surface area contributed by atoms with Crippen LogP contribution in [0, 0.1) is 5.82 Å². The van der Waals surface area contributed by atoms with Gasteiger partial charge in [0.05, 0.1) is 6.61 Å². The van der Waals surface area contributed by atoms with Crippen LogP contribution in [0.4, 0.5) is 4.39 Å². The molecule has 0 atom stereocenters. The normalized spacial score (nSPS) is 10.5. The van der Waals surface area contributed by atoms with Crippen LogP contribution in [0.3, 0.4) is 0 Å². The largest absolute Gasteiger partial charge is 0.392 e. The van der Waals surface area contributed by atoms with Crippen molar-refractivity contribution in [2.75, 3.05) is 0 Å². The number of carbonyl (C=O) groups excluding carboxylic acids is 1. The maximum Gasteiger partial charge on any atom is 0.248 e. The molecule has 0 aliphatic carbocycles. The van der Waals surface area contributed by atoms with Crippen LogP contribution in [0.2, 0.25) is 0 Å². The van der Waals surface area contributed by atoms with Gasteiger partial charge in [0.1, 0.15) is 5.82 Å². The van der Waals surface area contributed by atoms with E-state index in [1.807, 2.05) is 24.3 Å². The Balaban J connectivity index is 2.04. The van der Waals surface area contributed by atoms with Crippen LogP contribution in [-0.4, -0.2) is 11.0 Å². The van der Waals surface area contributed by atoms with Gasteiger partial charge in [-0.1, -0.05) is 18.2 Å². The standard InChI is InChI=1S/C15H14FNO2S/c16-14-7-11(15(17)19)3-4-12(14)9-20-13-5-1-10(8-18)2-6-13/h1-7,18H,8-9H2,(H2,17,19). The molecule has 2 aromatic carbocycles. The molecule has 0 radical (unpaired) electrons. The number of aliphatic hydroxyl groups excluding tert-OH is 1. The molecule has 0 heterocycles. The number of benzene rings is 2. The molecule has 0 fully saturated rings. The van der Waals surface area contributed by atoms with Crippen molar-refractivity contribution in [3.05, 3.63) is 65.0 Å². The Bertz CT molecular complexity index is 614. The van der Waals surface area contributed by atoms with Gasteiger partial charge < -0.3 is 10.8 Å². The lowest BCUT2D eigenvalue weighted by Crippen LogP contribution is -2.11. The van der Waals surface area contributed by atoms with Gasteiger partial charge in [-0.15, -0.1) is 11.8 Å². The lowest BCUT2D eigenvalue weighted by atomic mass is 10.1. The summed E-state index contributed by atoms with van der Waals surface area (Å²) in [4.78, 5) is 11.9. The van der Waals surface area contributed by atoms with Crippen molar-refractivity contribution in [2.45, 2.75) is 17.3 Å². The van der Waals surface area contributed by atoms with Gasteiger partial charge in [-0.25, -0.2) is 4.39 Å². The van der Waals surface area contributed by atoms with Crippen molar-refractivity contribution in [3.8, 4) is 0 Å². The summed E-state index contributed by atoms with van der Waals surface area (Å²) in [6.07, 6.45) is 0. The van der Waals surface area contributed by atoms with Gasteiger partial charge in [0, 0.05) is 16.2 Å². The minimum absolute atomic E-state index is 0.00809. The molecule has 0 bridgehead atoms. The van der Waals surface area contributed by atoms with Crippen molar-refractivity contribution >= 4 is 17.7 Å². The summed E-state index contributed by atoms with van der Waals surface area (Å²) in [7, 11) is 0. The Morgan fingerprint density at radius 3 is 2.45 bits per heavy atom. The number of thioether (sulfide) groups is 1. The maximum atomic E-state index is 13.8. The summed E-state index contributed by atoms with van der Waals surface area (Å²) in [6, 6.07) is 11.7. The molecular formula is C15H14FNO2S. The summed E-state index contributed by atoms with van der Waals surface area (Å²) in [5.41, 5.74) is 6.62. The smallest absolute Gasteiger partial charge is 0.248 e. The highest BCUT2D eigenvalue weighted by atomic mass is 32.2. The van der Waals surface area contributed by atoms with E-state index in [1.54, 1.807) is 6.07 Å². The van der Waals surface area contributed by atoms with Crippen LogP contribution >= 0.6 is 11.8 Å². The van der Waals surface area contributed by atoms with E-state index in [-0.39, 0.29) is 12.2 Å². The molecule has 2 rings (SSSR count). The number of halogens is 1. The number of nitrogens with two attached hydrogens (primary N) is 1. The minimum atomic E-state index is -0.636. The molecule has 0 saturated carbocycles. The van der Waals surface area contributed by atoms with Crippen LogP contribution in [0.15, 0.2) is 47.4 Å². The second-order valence-corrected chi connectivity index (χ2v) is 5.31. The van der Waals surface area contributed by atoms with E-state index in [4.69, 9.17) is 10.8 Å². The molecule has 1 amide bonds. The van der Waals surface area contributed by atoms with Crippen molar-refractivity contribution < 1.29 is 14.3 Å². The van der Waals surface area contributed by atoms with E-state index in [9.17, 15) is 9.18 Å². The van der Waals surface area contributed by atoms with Gasteiger partial charge in [0.15, 0.2) is 0 Å². The monoisotopic (exact) mass is 291 g/mol. The predicted molar refractivity (Wildman–Crippen MR) is 76.8 cm³/mol.